The second-order valence-electron chi connectivity index (χ2n) is 2.36. The largest absolute Gasteiger partial charge is 0.211 e. The summed E-state index contributed by atoms with van der Waals surface area (Å²) in [6, 6.07) is 2.02. The molecule has 0 N–H and O–H groups in total. The van der Waals surface area contributed by atoms with Crippen LogP contribution in [-0.4, -0.2) is 4.43 Å². The number of nitriles is 1. The first-order valence-electron chi connectivity index (χ1n) is 3.29. The van der Waals surface area contributed by atoms with Crippen LogP contribution in [0.2, 0.25) is 0 Å². The molecule has 0 bridgehead atoms. The minimum atomic E-state index is -0.262. The van der Waals surface area contributed by atoms with Gasteiger partial charge in [-0.1, -0.05) is 34.7 Å². The number of hydrogen-bond donors (Lipinski definition) is 0. The molecule has 1 aliphatic carbocycles. The van der Waals surface area contributed by atoms with Gasteiger partial charge < -0.3 is 0 Å². The molecule has 0 amide bonds. The van der Waals surface area contributed by atoms with Gasteiger partial charge in [-0.05, 0) is 5.57 Å². The molecule has 11 heavy (non-hydrogen) atoms. The van der Waals surface area contributed by atoms with Crippen molar-refractivity contribution in [1.82, 2.24) is 0 Å². The smallest absolute Gasteiger partial charge is 0.105 e. The molecule has 0 saturated heterocycles. The zero-order valence-corrected chi connectivity index (χ0v) is 8.01. The second-order valence-corrected chi connectivity index (χ2v) is 3.13. The fourth-order valence-corrected chi connectivity index (χ4v) is 1.59. The standard InChI is InChI=1S/C8H7FIN/c9-8-3-6(5-11)1-2-7(8)4-10/h1-2,6H,3-4H2. The molecule has 58 valence electrons. The van der Waals surface area contributed by atoms with E-state index in [1.165, 1.54) is 0 Å². The van der Waals surface area contributed by atoms with Crippen molar-refractivity contribution in [3.8, 4) is 6.07 Å². The van der Waals surface area contributed by atoms with Crippen LogP contribution in [0.3, 0.4) is 0 Å². The highest BCUT2D eigenvalue weighted by atomic mass is 127. The second kappa shape index (κ2) is 3.86. The van der Waals surface area contributed by atoms with E-state index in [2.05, 4.69) is 22.6 Å². The van der Waals surface area contributed by atoms with Crippen LogP contribution < -0.4 is 0 Å². The van der Waals surface area contributed by atoms with Crippen molar-refractivity contribution in [2.45, 2.75) is 6.42 Å². The third-order valence-corrected chi connectivity index (χ3v) is 2.41. The molecule has 0 saturated carbocycles. The van der Waals surface area contributed by atoms with Crippen LogP contribution in [0.1, 0.15) is 6.42 Å². The molecule has 0 aromatic rings. The van der Waals surface area contributed by atoms with Gasteiger partial charge in [-0.15, -0.1) is 0 Å². The molecule has 0 fully saturated rings. The number of halogens is 2. The van der Waals surface area contributed by atoms with Gasteiger partial charge in [0.05, 0.1) is 12.0 Å². The van der Waals surface area contributed by atoms with Crippen LogP contribution in [-0.2, 0) is 0 Å². The summed E-state index contributed by atoms with van der Waals surface area (Å²) in [5.41, 5.74) is 0.720. The highest BCUT2D eigenvalue weighted by molar-refractivity contribution is 14.1. The van der Waals surface area contributed by atoms with Crippen LogP contribution >= 0.6 is 22.6 Å². The van der Waals surface area contributed by atoms with E-state index < -0.39 is 0 Å². The average Bonchev–Trinajstić information content (AvgIpc) is 2.04. The lowest BCUT2D eigenvalue weighted by molar-refractivity contribution is 0.550. The van der Waals surface area contributed by atoms with E-state index in [-0.39, 0.29) is 18.2 Å². The van der Waals surface area contributed by atoms with Crippen LogP contribution in [0.15, 0.2) is 23.6 Å². The quantitative estimate of drug-likeness (QED) is 0.527. The first-order valence-corrected chi connectivity index (χ1v) is 4.81. The Morgan fingerprint density at radius 3 is 3.00 bits per heavy atom. The van der Waals surface area contributed by atoms with Crippen LogP contribution in [0, 0.1) is 17.2 Å². The van der Waals surface area contributed by atoms with Crippen LogP contribution in [0.25, 0.3) is 0 Å². The Bertz CT molecular complexity index is 249. The van der Waals surface area contributed by atoms with Gasteiger partial charge in [-0.2, -0.15) is 5.26 Å². The van der Waals surface area contributed by atoms with E-state index in [0.29, 0.717) is 4.43 Å². The van der Waals surface area contributed by atoms with Crippen LogP contribution in [0.4, 0.5) is 4.39 Å². The Morgan fingerprint density at radius 1 is 1.82 bits per heavy atom. The van der Waals surface area contributed by atoms with E-state index in [0.717, 1.165) is 5.57 Å². The molecule has 0 aromatic heterocycles. The molecule has 0 radical (unpaired) electrons. The third kappa shape index (κ3) is 2.03. The first kappa shape index (κ1) is 8.72. The van der Waals surface area contributed by atoms with Gasteiger partial charge in [0.2, 0.25) is 0 Å². The summed E-state index contributed by atoms with van der Waals surface area (Å²) in [5.74, 6) is -0.393. The number of alkyl halides is 1. The van der Waals surface area contributed by atoms with Crippen molar-refractivity contribution >= 4 is 22.6 Å². The third-order valence-electron chi connectivity index (χ3n) is 1.59. The maximum atomic E-state index is 13.0. The summed E-state index contributed by atoms with van der Waals surface area (Å²) >= 11 is 2.11. The van der Waals surface area contributed by atoms with Gasteiger partial charge in [0, 0.05) is 10.8 Å². The molecule has 1 aliphatic rings. The molecule has 1 nitrogen and oxygen atoms in total. The summed E-state index contributed by atoms with van der Waals surface area (Å²) in [6.07, 6.45) is 3.72. The number of hydrogen-bond acceptors (Lipinski definition) is 1. The van der Waals surface area contributed by atoms with Gasteiger partial charge in [0.1, 0.15) is 5.83 Å². The van der Waals surface area contributed by atoms with Gasteiger partial charge in [-0.3, -0.25) is 0 Å². The fraction of sp³-hybridized carbons (Fsp3) is 0.375. The molecule has 1 atom stereocenters. The van der Waals surface area contributed by atoms with Gasteiger partial charge in [0.15, 0.2) is 0 Å². The molecule has 0 aliphatic heterocycles. The zero-order valence-electron chi connectivity index (χ0n) is 5.85. The molecule has 0 aromatic carbocycles. The van der Waals surface area contributed by atoms with Gasteiger partial charge in [-0.25, -0.2) is 4.39 Å². The zero-order chi connectivity index (χ0) is 8.27. The molecule has 0 heterocycles. The Morgan fingerprint density at radius 2 is 2.55 bits per heavy atom. The number of allylic oxidation sites excluding steroid dienone is 4. The Labute approximate surface area is 78.7 Å². The maximum Gasteiger partial charge on any atom is 0.105 e. The normalized spacial score (nSPS) is 23.5. The first-order chi connectivity index (χ1) is 5.27. The number of nitrogens with zero attached hydrogens (tertiary/aromatic N) is 1. The minimum Gasteiger partial charge on any atom is -0.211 e. The topological polar surface area (TPSA) is 23.8 Å². The predicted octanol–water partition coefficient (Wildman–Crippen LogP) is 2.74. The van der Waals surface area contributed by atoms with Crippen molar-refractivity contribution in [2.75, 3.05) is 4.43 Å². The lowest BCUT2D eigenvalue weighted by atomic mass is 9.98. The maximum absolute atomic E-state index is 13.0. The minimum absolute atomic E-state index is 0.131. The predicted molar refractivity (Wildman–Crippen MR) is 49.9 cm³/mol. The van der Waals surface area contributed by atoms with E-state index >= 15 is 0 Å². The van der Waals surface area contributed by atoms with Gasteiger partial charge in [0.25, 0.3) is 0 Å². The van der Waals surface area contributed by atoms with Crippen LogP contribution in [0.5, 0.6) is 0 Å². The molecular formula is C8H7FIN. The van der Waals surface area contributed by atoms with E-state index in [1.807, 2.05) is 6.07 Å². The molecular weight excluding hydrogens is 256 g/mol. The average molecular weight is 263 g/mol. The summed E-state index contributed by atoms with van der Waals surface area (Å²) in [7, 11) is 0. The fourth-order valence-electron chi connectivity index (χ4n) is 0.921. The monoisotopic (exact) mass is 263 g/mol. The lowest BCUT2D eigenvalue weighted by Crippen LogP contribution is -2.01. The van der Waals surface area contributed by atoms with Gasteiger partial charge >= 0.3 is 0 Å². The van der Waals surface area contributed by atoms with E-state index in [4.69, 9.17) is 5.26 Å². The molecule has 1 rings (SSSR count). The van der Waals surface area contributed by atoms with E-state index in [1.54, 1.807) is 12.2 Å². The summed E-state index contributed by atoms with van der Waals surface area (Å²) in [6.45, 7) is 0. The Balaban J connectivity index is 2.75. The van der Waals surface area contributed by atoms with Crippen molar-refractivity contribution < 1.29 is 4.39 Å². The van der Waals surface area contributed by atoms with E-state index in [9.17, 15) is 4.39 Å². The summed E-state index contributed by atoms with van der Waals surface area (Å²) < 4.78 is 13.6. The van der Waals surface area contributed by atoms with Crippen molar-refractivity contribution in [3.63, 3.8) is 0 Å². The molecule has 1 unspecified atom stereocenters. The molecule has 3 heteroatoms. The van der Waals surface area contributed by atoms with Crippen molar-refractivity contribution in [3.05, 3.63) is 23.6 Å². The SMILES string of the molecule is N#CC1C=CC(CI)=C(F)C1. The molecule has 0 spiro atoms. The number of rotatable bonds is 1. The summed E-state index contributed by atoms with van der Waals surface area (Å²) in [5, 5.41) is 8.48. The lowest BCUT2D eigenvalue weighted by Gasteiger charge is -2.10. The highest BCUT2D eigenvalue weighted by Gasteiger charge is 2.14. The summed E-state index contributed by atoms with van der Waals surface area (Å²) in [4.78, 5) is 0. The Hall–Kier alpha value is -0.370. The highest BCUT2D eigenvalue weighted by Crippen LogP contribution is 2.25. The van der Waals surface area contributed by atoms with Crippen molar-refractivity contribution in [2.24, 2.45) is 5.92 Å². The van der Waals surface area contributed by atoms with Crippen molar-refractivity contribution in [1.29, 1.82) is 5.26 Å². The Kier molecular flexibility index (Phi) is 3.06.